The van der Waals surface area contributed by atoms with Crippen molar-refractivity contribution in [2.24, 2.45) is 0 Å². The lowest BCUT2D eigenvalue weighted by Gasteiger charge is -2.13. The molecule has 1 unspecified atom stereocenters. The van der Waals surface area contributed by atoms with Gasteiger partial charge < -0.3 is 9.47 Å². The van der Waals surface area contributed by atoms with Gasteiger partial charge in [0, 0.05) is 11.6 Å². The van der Waals surface area contributed by atoms with Gasteiger partial charge in [-0.1, -0.05) is 19.1 Å². The molecule has 168 valence electrons. The Kier molecular flexibility index (Phi) is 8.83. The van der Waals surface area contributed by atoms with Gasteiger partial charge in [-0.05, 0) is 56.7 Å². The highest BCUT2D eigenvalue weighted by atomic mass is 32.2. The van der Waals surface area contributed by atoms with Crippen LogP contribution in [0.15, 0.2) is 53.4 Å². The van der Waals surface area contributed by atoms with E-state index in [0.717, 1.165) is 0 Å². The number of para-hydroxylation sites is 2. The maximum Gasteiger partial charge on any atom is 0.276 e. The zero-order valence-corrected chi connectivity index (χ0v) is 18.5. The number of sulfonamides is 1. The first-order valence-corrected chi connectivity index (χ1v) is 11.3. The fourth-order valence-corrected chi connectivity index (χ4v) is 3.75. The molecule has 0 bridgehead atoms. The summed E-state index contributed by atoms with van der Waals surface area (Å²) in [6.07, 6.45) is 0.653. The molecule has 2 aromatic carbocycles. The molecule has 10 heteroatoms. The number of rotatable bonds is 10. The molecule has 9 nitrogen and oxygen atoms in total. The summed E-state index contributed by atoms with van der Waals surface area (Å²) in [4.78, 5) is 24.2. The van der Waals surface area contributed by atoms with Crippen molar-refractivity contribution in [2.45, 2.75) is 38.1 Å². The molecule has 0 aromatic heterocycles. The monoisotopic (exact) mass is 449 g/mol. The molecule has 0 aliphatic carbocycles. The van der Waals surface area contributed by atoms with Crippen molar-refractivity contribution in [3.63, 3.8) is 0 Å². The van der Waals surface area contributed by atoms with E-state index in [0.29, 0.717) is 24.5 Å². The number of carbonyl (C=O) groups is 2. The Bertz CT molecular complexity index is 992. The van der Waals surface area contributed by atoms with Crippen LogP contribution in [0.4, 0.5) is 0 Å². The van der Waals surface area contributed by atoms with Crippen LogP contribution in [0.2, 0.25) is 0 Å². The fraction of sp³-hybridized carbons (Fsp3) is 0.333. The number of hydrogen-bond acceptors (Lipinski definition) is 6. The van der Waals surface area contributed by atoms with Gasteiger partial charge in [-0.3, -0.25) is 20.4 Å². The molecule has 0 radical (unpaired) electrons. The maximum atomic E-state index is 12.3. The first kappa shape index (κ1) is 24.2. The highest BCUT2D eigenvalue weighted by Gasteiger charge is 2.17. The number of benzene rings is 2. The van der Waals surface area contributed by atoms with Gasteiger partial charge in [0.1, 0.15) is 0 Å². The number of hydrazine groups is 1. The average Bonchev–Trinajstić information content (AvgIpc) is 2.76. The summed E-state index contributed by atoms with van der Waals surface area (Å²) in [5.74, 6) is -0.244. The maximum absolute atomic E-state index is 12.3. The van der Waals surface area contributed by atoms with E-state index < -0.39 is 21.8 Å². The summed E-state index contributed by atoms with van der Waals surface area (Å²) in [6, 6.07) is 12.1. The first-order valence-electron chi connectivity index (χ1n) is 9.83. The van der Waals surface area contributed by atoms with Crippen LogP contribution in [0.5, 0.6) is 11.5 Å². The third kappa shape index (κ3) is 7.26. The second-order valence-corrected chi connectivity index (χ2v) is 8.34. The largest absolute Gasteiger partial charge is 0.490 e. The zero-order valence-electron chi connectivity index (χ0n) is 17.7. The van der Waals surface area contributed by atoms with Gasteiger partial charge in [-0.25, -0.2) is 13.1 Å². The summed E-state index contributed by atoms with van der Waals surface area (Å²) in [7, 11) is -3.66. The number of amides is 2. The summed E-state index contributed by atoms with van der Waals surface area (Å²) < 4.78 is 37.9. The smallest absolute Gasteiger partial charge is 0.276 e. The first-order chi connectivity index (χ1) is 14.8. The van der Waals surface area contributed by atoms with Crippen LogP contribution in [-0.4, -0.2) is 39.5 Å². The summed E-state index contributed by atoms with van der Waals surface area (Å²) in [5.41, 5.74) is 4.69. The molecule has 0 spiro atoms. The van der Waals surface area contributed by atoms with Gasteiger partial charge in [0.15, 0.2) is 18.1 Å². The Hall–Kier alpha value is -3.11. The van der Waals surface area contributed by atoms with Crippen LogP contribution in [0, 0.1) is 0 Å². The lowest BCUT2D eigenvalue weighted by Crippen LogP contribution is -2.43. The van der Waals surface area contributed by atoms with Gasteiger partial charge >= 0.3 is 0 Å². The van der Waals surface area contributed by atoms with Crippen molar-refractivity contribution in [1.82, 2.24) is 15.6 Å². The molecule has 0 aliphatic rings. The summed E-state index contributed by atoms with van der Waals surface area (Å²) in [6.45, 7) is 5.60. The predicted molar refractivity (Wildman–Crippen MR) is 115 cm³/mol. The van der Waals surface area contributed by atoms with Crippen LogP contribution in [0.3, 0.4) is 0 Å². The van der Waals surface area contributed by atoms with E-state index in [2.05, 4.69) is 15.6 Å². The SMILES string of the molecule is CCOc1ccccc1OCC(=O)NNC(=O)c1ccc(S(=O)(=O)NC(C)CC)cc1. The summed E-state index contributed by atoms with van der Waals surface area (Å²) >= 11 is 0. The van der Waals surface area contributed by atoms with Crippen LogP contribution >= 0.6 is 0 Å². The molecule has 0 fully saturated rings. The average molecular weight is 450 g/mol. The van der Waals surface area contributed by atoms with E-state index in [1.54, 1.807) is 31.2 Å². The van der Waals surface area contributed by atoms with Crippen LogP contribution in [0.1, 0.15) is 37.6 Å². The fourth-order valence-electron chi connectivity index (χ4n) is 2.42. The highest BCUT2D eigenvalue weighted by molar-refractivity contribution is 7.89. The van der Waals surface area contributed by atoms with Gasteiger partial charge in [-0.2, -0.15) is 0 Å². The number of hydrogen-bond donors (Lipinski definition) is 3. The molecule has 0 aliphatic heterocycles. The van der Waals surface area contributed by atoms with Gasteiger partial charge in [0.2, 0.25) is 10.0 Å². The van der Waals surface area contributed by atoms with E-state index in [9.17, 15) is 18.0 Å². The zero-order chi connectivity index (χ0) is 22.9. The van der Waals surface area contributed by atoms with E-state index in [4.69, 9.17) is 9.47 Å². The second kappa shape index (κ2) is 11.3. The van der Waals surface area contributed by atoms with Gasteiger partial charge in [-0.15, -0.1) is 0 Å². The number of carbonyl (C=O) groups excluding carboxylic acids is 2. The molecule has 1 atom stereocenters. The topological polar surface area (TPSA) is 123 Å². The third-order valence-electron chi connectivity index (χ3n) is 4.22. The Morgan fingerprint density at radius 1 is 0.935 bits per heavy atom. The van der Waals surface area contributed by atoms with E-state index in [-0.39, 0.29) is 23.1 Å². The minimum absolute atomic E-state index is 0.0507. The Morgan fingerprint density at radius 2 is 1.55 bits per heavy atom. The quantitative estimate of drug-likeness (QED) is 0.477. The minimum atomic E-state index is -3.66. The molecular formula is C21H27N3O6S. The minimum Gasteiger partial charge on any atom is -0.490 e. The van der Waals surface area contributed by atoms with E-state index >= 15 is 0 Å². The van der Waals surface area contributed by atoms with Crippen molar-refractivity contribution in [1.29, 1.82) is 0 Å². The molecule has 31 heavy (non-hydrogen) atoms. The standard InChI is InChI=1S/C21H27N3O6S/c1-4-15(3)24-31(27,28)17-12-10-16(11-13-17)21(26)23-22-20(25)14-30-19-9-7-6-8-18(19)29-5-2/h6-13,15,24H,4-5,14H2,1-3H3,(H,22,25)(H,23,26). The summed E-state index contributed by atoms with van der Waals surface area (Å²) in [5, 5.41) is 0. The molecule has 3 N–H and O–H groups in total. The number of nitrogens with one attached hydrogen (secondary N) is 3. The Balaban J connectivity index is 1.87. The number of ether oxygens (including phenoxy) is 2. The van der Waals surface area contributed by atoms with Crippen LogP contribution < -0.4 is 25.0 Å². The van der Waals surface area contributed by atoms with Crippen molar-refractivity contribution in [3.05, 3.63) is 54.1 Å². The van der Waals surface area contributed by atoms with Crippen LogP contribution in [0.25, 0.3) is 0 Å². The lowest BCUT2D eigenvalue weighted by molar-refractivity contribution is -0.123. The molecular weight excluding hydrogens is 422 g/mol. The predicted octanol–water partition coefficient (Wildman–Crippen LogP) is 2.00. The van der Waals surface area contributed by atoms with Crippen molar-refractivity contribution < 1.29 is 27.5 Å². The van der Waals surface area contributed by atoms with Crippen molar-refractivity contribution >= 4 is 21.8 Å². The molecule has 2 rings (SSSR count). The second-order valence-electron chi connectivity index (χ2n) is 6.63. The molecule has 0 saturated heterocycles. The van der Waals surface area contributed by atoms with E-state index in [1.807, 2.05) is 13.8 Å². The van der Waals surface area contributed by atoms with E-state index in [1.165, 1.54) is 24.3 Å². The van der Waals surface area contributed by atoms with Crippen LogP contribution in [-0.2, 0) is 14.8 Å². The molecule has 0 heterocycles. The molecule has 2 aromatic rings. The third-order valence-corrected chi connectivity index (χ3v) is 5.82. The normalized spacial score (nSPS) is 12.0. The van der Waals surface area contributed by atoms with Crippen molar-refractivity contribution in [2.75, 3.05) is 13.2 Å². The highest BCUT2D eigenvalue weighted by Crippen LogP contribution is 2.26. The molecule has 0 saturated carbocycles. The Labute approximate surface area is 182 Å². The Morgan fingerprint density at radius 3 is 2.13 bits per heavy atom. The van der Waals surface area contributed by atoms with Crippen molar-refractivity contribution in [3.8, 4) is 11.5 Å². The van der Waals surface area contributed by atoms with Gasteiger partial charge in [0.25, 0.3) is 11.8 Å². The molecule has 2 amide bonds. The van der Waals surface area contributed by atoms with Gasteiger partial charge in [0.05, 0.1) is 11.5 Å². The lowest BCUT2D eigenvalue weighted by atomic mass is 10.2.